The van der Waals surface area contributed by atoms with Crippen molar-refractivity contribution in [2.24, 2.45) is 0 Å². The van der Waals surface area contributed by atoms with E-state index in [1.54, 1.807) is 0 Å². The molecule has 10 rings (SSSR count). The summed E-state index contributed by atoms with van der Waals surface area (Å²) >= 11 is 4.84. The Hall–Kier alpha value is -4.37. The molecular weight excluding hydrogens is 1150 g/mol. The first-order chi connectivity index (χ1) is 37.0. The molecular formula is C36H49N15O22P4S. The fraction of sp³-hybridized carbons (Fsp3) is 0.583. The highest BCUT2D eigenvalue weighted by Gasteiger charge is 2.61. The van der Waals surface area contributed by atoms with Crippen LogP contribution in [0.1, 0.15) is 31.5 Å². The normalized spacial score (nSPS) is 30.9. The minimum atomic E-state index is -5.44. The summed E-state index contributed by atoms with van der Waals surface area (Å²) in [6.07, 6.45) is -9.91. The van der Waals surface area contributed by atoms with Crippen molar-refractivity contribution in [3.63, 3.8) is 0 Å². The average Bonchev–Trinajstić information content (AvgIpc) is 4.35. The van der Waals surface area contributed by atoms with Gasteiger partial charge in [0.05, 0.1) is 52.0 Å². The molecule has 0 amide bonds. The maximum absolute atomic E-state index is 14.3. The van der Waals surface area contributed by atoms with Crippen molar-refractivity contribution >= 4 is 92.9 Å². The third kappa shape index (κ3) is 11.5. The molecule has 0 aromatic carbocycles. The van der Waals surface area contributed by atoms with Crippen LogP contribution in [0, 0.1) is 0 Å². The van der Waals surface area contributed by atoms with Gasteiger partial charge in [0.1, 0.15) is 90.0 Å². The van der Waals surface area contributed by atoms with Crippen molar-refractivity contribution in [3.05, 3.63) is 38.0 Å². The number of aliphatic hydroxyl groups is 2. The van der Waals surface area contributed by atoms with Crippen molar-refractivity contribution in [1.82, 2.24) is 58.6 Å². The number of nitrogens with zero attached hydrogens (tertiary/aromatic N) is 12. The third-order valence-corrected chi connectivity index (χ3v) is 16.5. The molecule has 0 bridgehead atoms. The largest absolute Gasteiger partial charge is 0.472 e. The van der Waals surface area contributed by atoms with Gasteiger partial charge in [0.15, 0.2) is 53.1 Å². The van der Waals surface area contributed by atoms with Crippen LogP contribution in [0.2, 0.25) is 0 Å². The Labute approximate surface area is 441 Å². The van der Waals surface area contributed by atoms with Crippen molar-refractivity contribution in [2.75, 3.05) is 64.0 Å². The molecule has 42 heteroatoms. The lowest BCUT2D eigenvalue weighted by atomic mass is 9.89. The zero-order valence-corrected chi connectivity index (χ0v) is 44.4. The number of phosphoric ester groups is 3. The lowest BCUT2D eigenvalue weighted by Crippen LogP contribution is -2.51. The van der Waals surface area contributed by atoms with E-state index in [0.29, 0.717) is 6.42 Å². The molecule has 6 unspecified atom stereocenters. The number of aliphatic hydroxyl groups excluding tert-OH is 2. The highest BCUT2D eigenvalue weighted by Crippen LogP contribution is 2.57. The quantitative estimate of drug-likeness (QED) is 0.0349. The number of anilines is 3. The first kappa shape index (κ1) is 56.9. The molecule has 0 spiro atoms. The van der Waals surface area contributed by atoms with Crippen LogP contribution in [0.3, 0.4) is 0 Å². The van der Waals surface area contributed by atoms with Crippen LogP contribution in [0.25, 0.3) is 33.5 Å². The number of nitrogens with two attached hydrogens (primary N) is 3. The van der Waals surface area contributed by atoms with E-state index in [2.05, 4.69) is 44.9 Å². The first-order valence-electron chi connectivity index (χ1n) is 22.9. The number of methoxy groups -OCH3 is 1. The molecule has 4 fully saturated rings. The highest BCUT2D eigenvalue weighted by atomic mass is 32.5. The van der Waals surface area contributed by atoms with Gasteiger partial charge >= 0.3 is 30.2 Å². The smallest absolute Gasteiger partial charge is 0.394 e. The SMILES string of the molecule is CO[C@@H]1C(OP(=O)(O)OC[C@H]2O[C@@H](n3cnc4c(N)ncnc43)C(OP(=O)(O)OC[C@]34CCCO[C@@H]3C(OP(O)(O)=S)[C@H](n3cnc5c(N)ncnc53)O4)[C@H]2O)[C@H](n2cnc3c(N)ncnc32)O[C@@H]1COP(=O)(O)OCCO. The zero-order valence-electron chi connectivity index (χ0n) is 40.0. The molecule has 13 N–H and O–H groups in total. The number of imidazole rings is 3. The van der Waals surface area contributed by atoms with Gasteiger partial charge in [-0.3, -0.25) is 45.4 Å². The maximum Gasteiger partial charge on any atom is 0.472 e. The predicted octanol–water partition coefficient (Wildman–Crippen LogP) is -1.41. The number of fused-ring (bicyclic) bond motifs is 4. The van der Waals surface area contributed by atoms with E-state index >= 15 is 0 Å². The molecule has 0 aliphatic carbocycles. The number of hydrogen-bond acceptors (Lipinski definition) is 30. The molecule has 426 valence electrons. The van der Waals surface area contributed by atoms with E-state index in [1.165, 1.54) is 33.5 Å². The number of nitrogen functional groups attached to an aromatic ring is 3. The summed E-state index contributed by atoms with van der Waals surface area (Å²) < 4.78 is 113. The van der Waals surface area contributed by atoms with Crippen LogP contribution in [0.5, 0.6) is 0 Å². The van der Waals surface area contributed by atoms with Gasteiger partial charge < -0.3 is 75.6 Å². The molecule has 78 heavy (non-hydrogen) atoms. The Bertz CT molecular complexity index is 3360. The molecule has 0 saturated carbocycles. The monoisotopic (exact) mass is 1200 g/mol. The van der Waals surface area contributed by atoms with Crippen molar-refractivity contribution < 1.29 is 104 Å². The summed E-state index contributed by atoms with van der Waals surface area (Å²) in [4.78, 5) is 90.9. The van der Waals surface area contributed by atoms with Crippen molar-refractivity contribution in [3.8, 4) is 0 Å². The molecule has 4 saturated heterocycles. The third-order valence-electron chi connectivity index (χ3n) is 12.7. The van der Waals surface area contributed by atoms with E-state index in [0.717, 1.165) is 25.3 Å². The summed E-state index contributed by atoms with van der Waals surface area (Å²) in [6, 6.07) is 0. The predicted molar refractivity (Wildman–Crippen MR) is 259 cm³/mol. The topological polar surface area (TPSA) is 512 Å². The number of phosphoric acid groups is 3. The van der Waals surface area contributed by atoms with Gasteiger partial charge in [-0.05, 0) is 24.6 Å². The summed E-state index contributed by atoms with van der Waals surface area (Å²) in [5.41, 5.74) is 16.8. The van der Waals surface area contributed by atoms with E-state index in [-0.39, 0.29) is 64.0 Å². The number of aromatic nitrogens is 12. The first-order valence-corrected chi connectivity index (χ1v) is 30.0. The van der Waals surface area contributed by atoms with Gasteiger partial charge in [-0.2, -0.15) is 0 Å². The second-order valence-electron chi connectivity index (χ2n) is 17.6. The molecule has 0 radical (unpaired) electrons. The van der Waals surface area contributed by atoms with Crippen molar-refractivity contribution in [2.45, 2.75) is 86.0 Å². The number of ether oxygens (including phenoxy) is 5. The van der Waals surface area contributed by atoms with E-state index in [9.17, 15) is 43.3 Å². The molecule has 4 aliphatic rings. The van der Waals surface area contributed by atoms with Gasteiger partial charge in [-0.1, -0.05) is 0 Å². The zero-order chi connectivity index (χ0) is 55.5. The minimum Gasteiger partial charge on any atom is -0.394 e. The average molecular weight is 1200 g/mol. The molecule has 37 nitrogen and oxygen atoms in total. The molecule has 6 aromatic rings. The fourth-order valence-electron chi connectivity index (χ4n) is 9.44. The maximum atomic E-state index is 14.3. The summed E-state index contributed by atoms with van der Waals surface area (Å²) in [6.45, 7) is -8.10. The second kappa shape index (κ2) is 22.2. The Kier molecular flexibility index (Phi) is 16.2. The van der Waals surface area contributed by atoms with Crippen LogP contribution >= 0.6 is 30.2 Å². The van der Waals surface area contributed by atoms with Crippen LogP contribution in [-0.2, 0) is 80.9 Å². The van der Waals surface area contributed by atoms with Gasteiger partial charge in [-0.25, -0.2) is 58.6 Å². The standard InChI is InChI=1S/C36H49N15O22P4S/c1-62-22-17(8-65-74(54,55)64-6-4-52)69-34(50-14-47-19-28(38)41-11-44-31(19)50)24(22)72-75(56,57)66-7-16-21(53)23(33(68-16)49-13-46-18-27(37)40-10-43-30(18)49)71-76(58,59)67-9-36-3-2-5-63-26(36)25(73-77(60,61)78)35(70-36)51-15-48-20-29(39)42-12-45-32(20)51/h10-17,21-26,33-35,52-53H,2-9H2,1H3,(H,54,55)(H,56,57)(H,58,59)(H2,37,40,43)(H2,38,41,44)(H2,39,42,45)(H2,60,61,78)/t16-,17-,21+,22+,23?,24?,25?,26-,33-,34-,35-,36-/m1/s1. The summed E-state index contributed by atoms with van der Waals surface area (Å²) in [5, 5.41) is 21.0. The lowest BCUT2D eigenvalue weighted by molar-refractivity contribution is -0.165. The molecule has 15 atom stereocenters. The Morgan fingerprint density at radius 2 is 1.15 bits per heavy atom. The Balaban J connectivity index is 0.895. The highest BCUT2D eigenvalue weighted by molar-refractivity contribution is 8.06. The lowest BCUT2D eigenvalue weighted by Gasteiger charge is -2.38. The van der Waals surface area contributed by atoms with Gasteiger partial charge in [0, 0.05) is 13.7 Å². The van der Waals surface area contributed by atoms with E-state index in [4.69, 9.17) is 89.5 Å². The molecule has 6 aromatic heterocycles. The number of hydrogen-bond donors (Lipinski definition) is 10. The van der Waals surface area contributed by atoms with Crippen LogP contribution in [-0.4, -0.2) is 194 Å². The van der Waals surface area contributed by atoms with Gasteiger partial charge in [0.2, 0.25) is 0 Å². The second-order valence-corrected chi connectivity index (χ2v) is 24.5. The van der Waals surface area contributed by atoms with Crippen LogP contribution in [0.15, 0.2) is 38.0 Å². The van der Waals surface area contributed by atoms with Crippen LogP contribution in [0.4, 0.5) is 17.5 Å². The fourth-order valence-corrected chi connectivity index (χ4v) is 12.9. The van der Waals surface area contributed by atoms with Crippen LogP contribution < -0.4 is 17.2 Å². The summed E-state index contributed by atoms with van der Waals surface area (Å²) in [7, 11) is -14.5. The number of rotatable bonds is 22. The van der Waals surface area contributed by atoms with E-state index in [1.807, 2.05) is 0 Å². The Morgan fingerprint density at radius 3 is 1.71 bits per heavy atom. The molecule has 10 heterocycles. The van der Waals surface area contributed by atoms with Gasteiger partial charge in [0.25, 0.3) is 0 Å². The van der Waals surface area contributed by atoms with Gasteiger partial charge in [-0.15, -0.1) is 0 Å². The molecule has 4 aliphatic heterocycles. The summed E-state index contributed by atoms with van der Waals surface area (Å²) in [5.74, 6) is -0.117. The minimum absolute atomic E-state index is 0.0106. The van der Waals surface area contributed by atoms with Crippen molar-refractivity contribution in [1.29, 1.82) is 0 Å². The van der Waals surface area contributed by atoms with E-state index < -0.39 is 136 Å². The Morgan fingerprint density at radius 1 is 0.654 bits per heavy atom.